The van der Waals surface area contributed by atoms with Gasteiger partial charge in [0.25, 0.3) is 0 Å². The number of carboxylic acid groups (broad SMARTS) is 2. The largest absolute Gasteiger partial charge is 0.481 e. The van der Waals surface area contributed by atoms with Gasteiger partial charge in [0, 0.05) is 35.1 Å². The predicted molar refractivity (Wildman–Crippen MR) is 60.9 cm³/mol. The van der Waals surface area contributed by atoms with Crippen molar-refractivity contribution in [2.75, 3.05) is 11.5 Å². The number of carboxylic acids is 2. The third-order valence-electron chi connectivity index (χ3n) is 2.03. The summed E-state index contributed by atoms with van der Waals surface area (Å²) in [5, 5.41) is 16.7. The summed E-state index contributed by atoms with van der Waals surface area (Å²) in [5.74, 6) is -0.625. The monoisotopic (exact) mass is 250 g/mol. The Morgan fingerprint density at radius 1 is 0.812 bits per heavy atom. The molecule has 0 saturated carbocycles. The molecule has 0 radical (unpaired) electrons. The molecule has 0 aliphatic heterocycles. The molecule has 94 valence electrons. The number of hydrogen-bond acceptors (Lipinski definition) is 3. The van der Waals surface area contributed by atoms with Gasteiger partial charge in [0.05, 0.1) is 0 Å². The number of rotatable bonds is 10. The first-order valence-corrected chi connectivity index (χ1v) is 6.79. The minimum atomic E-state index is -0.935. The molecule has 5 nitrogen and oxygen atoms in total. The Morgan fingerprint density at radius 3 is 1.50 bits per heavy atom. The first-order valence-electron chi connectivity index (χ1n) is 5.31. The van der Waals surface area contributed by atoms with Crippen LogP contribution < -0.4 is 0 Å². The lowest BCUT2D eigenvalue weighted by Crippen LogP contribution is -2.05. The zero-order valence-electron chi connectivity index (χ0n) is 9.18. The Hall–Kier alpha value is -0.910. The van der Waals surface area contributed by atoms with E-state index in [9.17, 15) is 13.8 Å². The van der Waals surface area contributed by atoms with Crippen molar-refractivity contribution in [3.8, 4) is 0 Å². The second-order valence-corrected chi connectivity index (χ2v) is 5.25. The number of unbranched alkanes of at least 4 members (excludes halogenated alkanes) is 2. The van der Waals surface area contributed by atoms with E-state index in [1.807, 2.05) is 0 Å². The summed E-state index contributed by atoms with van der Waals surface area (Å²) < 4.78 is 11.3. The molecule has 0 aromatic carbocycles. The second kappa shape index (κ2) is 9.33. The summed E-state index contributed by atoms with van der Waals surface area (Å²) in [6, 6.07) is 0. The summed E-state index contributed by atoms with van der Waals surface area (Å²) in [5.41, 5.74) is 0. The summed E-state index contributed by atoms with van der Waals surface area (Å²) >= 11 is 0. The molecular formula is C10H18O5S. The van der Waals surface area contributed by atoms with Crippen LogP contribution in [0.15, 0.2) is 0 Å². The van der Waals surface area contributed by atoms with Crippen LogP contribution in [0.1, 0.15) is 38.5 Å². The molecule has 0 aliphatic rings. The third kappa shape index (κ3) is 11.2. The van der Waals surface area contributed by atoms with Crippen LogP contribution in [0.4, 0.5) is 0 Å². The fraction of sp³-hybridized carbons (Fsp3) is 0.800. The Morgan fingerprint density at radius 2 is 1.19 bits per heavy atom. The molecule has 0 aliphatic carbocycles. The standard InChI is InChI=1S/C10H18O5S/c11-9(12)5-1-3-7-16(15)8-4-2-6-10(13)14/h1-8H2,(H,11,12)(H,13,14). The molecular weight excluding hydrogens is 232 g/mol. The number of aliphatic carboxylic acids is 2. The lowest BCUT2D eigenvalue weighted by molar-refractivity contribution is -0.138. The van der Waals surface area contributed by atoms with E-state index in [0.717, 1.165) is 0 Å². The van der Waals surface area contributed by atoms with Crippen LogP contribution in [-0.2, 0) is 20.4 Å². The summed E-state index contributed by atoms with van der Waals surface area (Å²) in [6.07, 6.45) is 2.65. The molecule has 2 N–H and O–H groups in total. The van der Waals surface area contributed by atoms with Crippen molar-refractivity contribution in [1.82, 2.24) is 0 Å². The van der Waals surface area contributed by atoms with E-state index < -0.39 is 22.7 Å². The van der Waals surface area contributed by atoms with Crippen LogP contribution in [0.25, 0.3) is 0 Å². The van der Waals surface area contributed by atoms with E-state index in [0.29, 0.717) is 37.2 Å². The Balaban J connectivity index is 3.31. The smallest absolute Gasteiger partial charge is 0.303 e. The molecule has 0 aromatic heterocycles. The van der Waals surface area contributed by atoms with Crippen molar-refractivity contribution in [2.45, 2.75) is 38.5 Å². The maximum Gasteiger partial charge on any atom is 0.303 e. The first kappa shape index (κ1) is 15.1. The predicted octanol–water partition coefficient (Wildman–Crippen LogP) is 1.24. The quantitative estimate of drug-likeness (QED) is 0.569. The molecule has 0 rings (SSSR count). The van der Waals surface area contributed by atoms with Crippen LogP contribution in [0.2, 0.25) is 0 Å². The minimum Gasteiger partial charge on any atom is -0.481 e. The van der Waals surface area contributed by atoms with E-state index in [2.05, 4.69) is 0 Å². The average Bonchev–Trinajstić information content (AvgIpc) is 2.19. The lowest BCUT2D eigenvalue weighted by atomic mass is 10.2. The van der Waals surface area contributed by atoms with Gasteiger partial charge >= 0.3 is 11.9 Å². The summed E-state index contributed by atoms with van der Waals surface area (Å²) in [4.78, 5) is 20.4. The van der Waals surface area contributed by atoms with Gasteiger partial charge in [-0.25, -0.2) is 0 Å². The van der Waals surface area contributed by atoms with E-state index in [1.54, 1.807) is 0 Å². The Bertz CT molecular complexity index is 228. The second-order valence-electron chi connectivity index (χ2n) is 3.55. The highest BCUT2D eigenvalue weighted by Gasteiger charge is 2.03. The first-order chi connectivity index (χ1) is 7.52. The van der Waals surface area contributed by atoms with E-state index in [4.69, 9.17) is 10.2 Å². The molecule has 0 heterocycles. The van der Waals surface area contributed by atoms with Gasteiger partial charge in [0.15, 0.2) is 0 Å². The molecule has 0 aromatic rings. The molecule has 0 amide bonds. The molecule has 0 saturated heterocycles. The topological polar surface area (TPSA) is 91.7 Å². The molecule has 0 bridgehead atoms. The van der Waals surface area contributed by atoms with Crippen molar-refractivity contribution < 1.29 is 24.0 Å². The highest BCUT2D eigenvalue weighted by atomic mass is 32.2. The number of hydrogen-bond donors (Lipinski definition) is 2. The fourth-order valence-electron chi connectivity index (χ4n) is 1.18. The zero-order valence-corrected chi connectivity index (χ0v) is 10.0. The van der Waals surface area contributed by atoms with Gasteiger partial charge in [-0.3, -0.25) is 13.8 Å². The molecule has 0 atom stereocenters. The van der Waals surface area contributed by atoms with Crippen LogP contribution in [-0.4, -0.2) is 37.9 Å². The van der Waals surface area contributed by atoms with Crippen molar-refractivity contribution in [3.63, 3.8) is 0 Å². The average molecular weight is 250 g/mol. The molecule has 16 heavy (non-hydrogen) atoms. The summed E-state index contributed by atoms with van der Waals surface area (Å²) in [6.45, 7) is 0. The van der Waals surface area contributed by atoms with Crippen LogP contribution >= 0.6 is 0 Å². The fourth-order valence-corrected chi connectivity index (χ4v) is 2.44. The highest BCUT2D eigenvalue weighted by molar-refractivity contribution is 7.84. The summed E-state index contributed by atoms with van der Waals surface area (Å²) in [7, 11) is -0.935. The maximum atomic E-state index is 11.3. The van der Waals surface area contributed by atoms with E-state index in [1.165, 1.54) is 0 Å². The normalized spacial score (nSPS) is 10.6. The molecule has 0 spiro atoms. The van der Waals surface area contributed by atoms with Crippen LogP contribution in [0.3, 0.4) is 0 Å². The van der Waals surface area contributed by atoms with Gasteiger partial charge in [-0.15, -0.1) is 0 Å². The van der Waals surface area contributed by atoms with Gasteiger partial charge in [0.1, 0.15) is 0 Å². The van der Waals surface area contributed by atoms with Crippen molar-refractivity contribution in [3.05, 3.63) is 0 Å². The Labute approximate surface area is 97.3 Å². The minimum absolute atomic E-state index is 0.121. The van der Waals surface area contributed by atoms with Gasteiger partial charge in [-0.1, -0.05) is 0 Å². The van der Waals surface area contributed by atoms with Crippen molar-refractivity contribution in [2.24, 2.45) is 0 Å². The van der Waals surface area contributed by atoms with E-state index in [-0.39, 0.29) is 12.8 Å². The SMILES string of the molecule is O=C(O)CCCCS(=O)CCCCC(=O)O. The molecule has 0 unspecified atom stereocenters. The molecule has 6 heteroatoms. The number of carbonyl (C=O) groups is 2. The maximum absolute atomic E-state index is 11.3. The van der Waals surface area contributed by atoms with Crippen molar-refractivity contribution in [1.29, 1.82) is 0 Å². The van der Waals surface area contributed by atoms with Gasteiger partial charge < -0.3 is 10.2 Å². The van der Waals surface area contributed by atoms with Gasteiger partial charge in [-0.05, 0) is 25.7 Å². The Kier molecular flexibility index (Phi) is 8.80. The van der Waals surface area contributed by atoms with Crippen LogP contribution in [0.5, 0.6) is 0 Å². The molecule has 0 fully saturated rings. The van der Waals surface area contributed by atoms with Gasteiger partial charge in [0.2, 0.25) is 0 Å². The van der Waals surface area contributed by atoms with Crippen molar-refractivity contribution >= 4 is 22.7 Å². The lowest BCUT2D eigenvalue weighted by Gasteiger charge is -2.00. The third-order valence-corrected chi connectivity index (χ3v) is 3.51. The zero-order chi connectivity index (χ0) is 12.4. The van der Waals surface area contributed by atoms with Crippen LogP contribution in [0, 0.1) is 0 Å². The van der Waals surface area contributed by atoms with E-state index >= 15 is 0 Å². The highest BCUT2D eigenvalue weighted by Crippen LogP contribution is 2.01. The van der Waals surface area contributed by atoms with Gasteiger partial charge in [-0.2, -0.15) is 0 Å².